The van der Waals surface area contributed by atoms with Crippen LogP contribution in [0, 0.1) is 0 Å². The SMILES string of the molecule is CC(C)(C)NS(=O)(=O)c1cccc(-c2ccc3cnc(Nc4cccc(N)c4)nn23)c1. The Morgan fingerprint density at radius 2 is 1.77 bits per heavy atom. The van der Waals surface area contributed by atoms with Crippen molar-refractivity contribution in [1.82, 2.24) is 19.3 Å². The standard InChI is InChI=1S/C22H24N6O2S/c1-22(2,3)27-31(29,30)19-9-4-6-15(12-19)20-11-10-18-14-24-21(26-28(18)20)25-17-8-5-7-16(23)13-17/h4-14,27H,23H2,1-3H3,(H,25,26). The third kappa shape index (κ3) is 4.68. The van der Waals surface area contributed by atoms with Crippen molar-refractivity contribution >= 4 is 32.9 Å². The lowest BCUT2D eigenvalue weighted by atomic mass is 10.1. The molecule has 31 heavy (non-hydrogen) atoms. The number of nitrogens with one attached hydrogen (secondary N) is 2. The van der Waals surface area contributed by atoms with Gasteiger partial charge >= 0.3 is 0 Å². The molecule has 0 bridgehead atoms. The second-order valence-corrected chi connectivity index (χ2v) is 9.95. The Morgan fingerprint density at radius 1 is 1.00 bits per heavy atom. The number of nitrogens with zero attached hydrogens (tertiary/aromatic N) is 3. The topological polar surface area (TPSA) is 114 Å². The zero-order chi connectivity index (χ0) is 22.2. The number of hydrogen-bond acceptors (Lipinski definition) is 6. The van der Waals surface area contributed by atoms with Gasteiger partial charge in [-0.3, -0.25) is 0 Å². The summed E-state index contributed by atoms with van der Waals surface area (Å²) in [6.07, 6.45) is 1.70. The molecule has 4 rings (SSSR count). The lowest BCUT2D eigenvalue weighted by Gasteiger charge is -2.20. The van der Waals surface area contributed by atoms with E-state index in [0.717, 1.165) is 22.5 Å². The first kappa shape index (κ1) is 20.8. The van der Waals surface area contributed by atoms with Gasteiger partial charge in [0.1, 0.15) is 0 Å². The highest BCUT2D eigenvalue weighted by molar-refractivity contribution is 7.89. The molecule has 0 saturated carbocycles. The van der Waals surface area contributed by atoms with Crippen LogP contribution in [0.4, 0.5) is 17.3 Å². The molecular formula is C22H24N6O2S. The monoisotopic (exact) mass is 436 g/mol. The predicted molar refractivity (Wildman–Crippen MR) is 123 cm³/mol. The van der Waals surface area contributed by atoms with E-state index in [1.807, 2.05) is 30.3 Å². The van der Waals surface area contributed by atoms with Gasteiger partial charge in [0.25, 0.3) is 0 Å². The Balaban J connectivity index is 1.72. The van der Waals surface area contributed by atoms with Gasteiger partial charge in [0.2, 0.25) is 16.0 Å². The van der Waals surface area contributed by atoms with Crippen molar-refractivity contribution in [2.24, 2.45) is 0 Å². The quantitative estimate of drug-likeness (QED) is 0.410. The molecule has 2 aromatic carbocycles. The molecule has 0 fully saturated rings. The van der Waals surface area contributed by atoms with Gasteiger partial charge in [0.15, 0.2) is 0 Å². The third-order valence-corrected chi connectivity index (χ3v) is 6.18. The van der Waals surface area contributed by atoms with Crippen molar-refractivity contribution in [2.75, 3.05) is 11.1 Å². The molecule has 0 aliphatic carbocycles. The lowest BCUT2D eigenvalue weighted by molar-refractivity contribution is 0.491. The molecule has 0 aliphatic rings. The van der Waals surface area contributed by atoms with Gasteiger partial charge in [-0.25, -0.2) is 22.6 Å². The molecule has 8 nitrogen and oxygen atoms in total. The second-order valence-electron chi connectivity index (χ2n) is 8.27. The Bertz CT molecular complexity index is 1360. The lowest BCUT2D eigenvalue weighted by Crippen LogP contribution is -2.40. The maximum Gasteiger partial charge on any atom is 0.245 e. The molecule has 4 N–H and O–H groups in total. The molecule has 4 aromatic rings. The van der Waals surface area contributed by atoms with Gasteiger partial charge in [-0.05, 0) is 63.2 Å². The summed E-state index contributed by atoms with van der Waals surface area (Å²) >= 11 is 0. The molecule has 2 aromatic heterocycles. The van der Waals surface area contributed by atoms with Crippen molar-refractivity contribution in [2.45, 2.75) is 31.2 Å². The van der Waals surface area contributed by atoms with Gasteiger partial charge in [-0.15, -0.1) is 5.10 Å². The maximum absolute atomic E-state index is 12.8. The first-order valence-corrected chi connectivity index (χ1v) is 11.2. The molecule has 160 valence electrons. The van der Waals surface area contributed by atoms with Crippen molar-refractivity contribution in [1.29, 1.82) is 0 Å². The average Bonchev–Trinajstić information content (AvgIpc) is 3.09. The number of rotatable bonds is 5. The van der Waals surface area contributed by atoms with Crippen LogP contribution in [-0.4, -0.2) is 28.6 Å². The maximum atomic E-state index is 12.8. The fourth-order valence-corrected chi connectivity index (χ4v) is 4.67. The number of aromatic nitrogens is 3. The van der Waals surface area contributed by atoms with Crippen LogP contribution in [0.3, 0.4) is 0 Å². The number of hydrogen-bond donors (Lipinski definition) is 3. The molecule has 0 saturated heterocycles. The van der Waals surface area contributed by atoms with E-state index in [9.17, 15) is 8.42 Å². The van der Waals surface area contributed by atoms with Crippen LogP contribution in [0.1, 0.15) is 20.8 Å². The minimum absolute atomic E-state index is 0.196. The summed E-state index contributed by atoms with van der Waals surface area (Å²) in [5.74, 6) is 0.397. The summed E-state index contributed by atoms with van der Waals surface area (Å²) in [5, 5.41) is 7.71. The number of fused-ring (bicyclic) bond motifs is 1. The van der Waals surface area contributed by atoms with E-state index in [0.29, 0.717) is 11.6 Å². The van der Waals surface area contributed by atoms with Crippen LogP contribution in [0.2, 0.25) is 0 Å². The van der Waals surface area contributed by atoms with Crippen LogP contribution in [0.25, 0.3) is 16.8 Å². The van der Waals surface area contributed by atoms with Crippen molar-refractivity contribution in [3.05, 3.63) is 66.9 Å². The van der Waals surface area contributed by atoms with E-state index in [-0.39, 0.29) is 4.90 Å². The average molecular weight is 437 g/mol. The van der Waals surface area contributed by atoms with Crippen molar-refractivity contribution < 1.29 is 8.42 Å². The smallest absolute Gasteiger partial charge is 0.245 e. The van der Waals surface area contributed by atoms with Crippen molar-refractivity contribution in [3.63, 3.8) is 0 Å². The summed E-state index contributed by atoms with van der Waals surface area (Å²) in [6.45, 7) is 5.42. The molecular weight excluding hydrogens is 412 g/mol. The molecule has 0 spiro atoms. The molecule has 0 unspecified atom stereocenters. The zero-order valence-electron chi connectivity index (χ0n) is 17.5. The first-order chi connectivity index (χ1) is 14.6. The molecule has 0 atom stereocenters. The van der Waals surface area contributed by atoms with Gasteiger partial charge in [-0.2, -0.15) is 0 Å². The summed E-state index contributed by atoms with van der Waals surface area (Å²) in [7, 11) is -3.65. The van der Waals surface area contributed by atoms with E-state index in [1.54, 1.807) is 61.8 Å². The first-order valence-electron chi connectivity index (χ1n) is 9.72. The summed E-state index contributed by atoms with van der Waals surface area (Å²) in [6, 6.07) is 17.9. The van der Waals surface area contributed by atoms with Crippen LogP contribution in [-0.2, 0) is 10.0 Å². The highest BCUT2D eigenvalue weighted by atomic mass is 32.2. The normalized spacial score (nSPS) is 12.2. The largest absolute Gasteiger partial charge is 0.399 e. The fraction of sp³-hybridized carbons (Fsp3) is 0.182. The van der Waals surface area contributed by atoms with Crippen LogP contribution in [0.5, 0.6) is 0 Å². The number of nitrogen functional groups attached to an aromatic ring is 1. The van der Waals surface area contributed by atoms with E-state index in [4.69, 9.17) is 5.73 Å². The minimum atomic E-state index is -3.65. The van der Waals surface area contributed by atoms with Crippen LogP contribution in [0.15, 0.2) is 71.8 Å². The van der Waals surface area contributed by atoms with Crippen LogP contribution < -0.4 is 15.8 Å². The molecule has 0 amide bonds. The fourth-order valence-electron chi connectivity index (χ4n) is 3.21. The van der Waals surface area contributed by atoms with E-state index in [1.165, 1.54) is 0 Å². The van der Waals surface area contributed by atoms with E-state index < -0.39 is 15.6 Å². The Kier molecular flexibility index (Phi) is 5.16. The minimum Gasteiger partial charge on any atom is -0.399 e. The van der Waals surface area contributed by atoms with E-state index >= 15 is 0 Å². The second kappa shape index (κ2) is 7.68. The van der Waals surface area contributed by atoms with Crippen LogP contribution >= 0.6 is 0 Å². The Labute approximate surface area is 181 Å². The number of benzene rings is 2. The molecule has 9 heteroatoms. The van der Waals surface area contributed by atoms with Gasteiger partial charge < -0.3 is 11.1 Å². The molecule has 2 heterocycles. The van der Waals surface area contributed by atoms with Gasteiger partial charge in [0, 0.05) is 22.5 Å². The van der Waals surface area contributed by atoms with Gasteiger partial charge in [0.05, 0.1) is 22.3 Å². The third-order valence-electron chi connectivity index (χ3n) is 4.42. The number of sulfonamides is 1. The zero-order valence-corrected chi connectivity index (χ0v) is 18.3. The summed E-state index contributed by atoms with van der Waals surface area (Å²) < 4.78 is 29.9. The van der Waals surface area contributed by atoms with E-state index in [2.05, 4.69) is 20.1 Å². The highest BCUT2D eigenvalue weighted by Gasteiger charge is 2.22. The van der Waals surface area contributed by atoms with Gasteiger partial charge in [-0.1, -0.05) is 18.2 Å². The number of anilines is 3. The number of nitrogens with two attached hydrogens (primary N) is 1. The summed E-state index contributed by atoms with van der Waals surface area (Å²) in [5.41, 5.74) is 8.93. The Morgan fingerprint density at radius 3 is 2.52 bits per heavy atom. The highest BCUT2D eigenvalue weighted by Crippen LogP contribution is 2.25. The van der Waals surface area contributed by atoms with Crippen molar-refractivity contribution in [3.8, 4) is 11.3 Å². The summed E-state index contributed by atoms with van der Waals surface area (Å²) in [4.78, 5) is 4.54. The molecule has 0 radical (unpaired) electrons. The Hall–Kier alpha value is -3.43. The predicted octanol–water partition coefficient (Wildman–Crippen LogP) is 3.80. The molecule has 0 aliphatic heterocycles.